The monoisotopic (exact) mass is 472 g/mol. The number of unbranched alkanes of at least 4 members (excludes halogenated alkanes) is 13. The fraction of sp³-hybridized carbons (Fsp3) is 0.774. The number of cyclic esters (lactones) is 1. The molecule has 3 nitrogen and oxygen atoms in total. The van der Waals surface area contributed by atoms with Crippen LogP contribution < -0.4 is 0 Å². The predicted octanol–water partition coefficient (Wildman–Crippen LogP) is 9.18. The molecule has 1 fully saturated rings. The van der Waals surface area contributed by atoms with Gasteiger partial charge in [0.1, 0.15) is 6.10 Å². The lowest BCUT2D eigenvalue weighted by atomic mass is 9.86. The summed E-state index contributed by atoms with van der Waals surface area (Å²) in [6.45, 7) is 5.15. The Balaban J connectivity index is 1.67. The van der Waals surface area contributed by atoms with Crippen molar-refractivity contribution in [3.63, 3.8) is 0 Å². The van der Waals surface area contributed by atoms with Gasteiger partial charge >= 0.3 is 5.97 Å². The molecule has 0 radical (unpaired) electrons. The molecular formula is C31H52O3. The number of hydrogen-bond donors (Lipinski definition) is 0. The number of esters is 1. The maximum absolute atomic E-state index is 12.1. The molecule has 1 aromatic rings. The molecule has 0 N–H and O–H groups in total. The van der Waals surface area contributed by atoms with E-state index in [9.17, 15) is 4.79 Å². The molecule has 0 amide bonds. The molecule has 0 bridgehead atoms. The predicted molar refractivity (Wildman–Crippen MR) is 143 cm³/mol. The van der Waals surface area contributed by atoms with Gasteiger partial charge in [-0.25, -0.2) is 0 Å². The Labute approximate surface area is 210 Å². The van der Waals surface area contributed by atoms with E-state index in [1.165, 1.54) is 95.5 Å². The van der Waals surface area contributed by atoms with E-state index in [0.29, 0.717) is 6.61 Å². The highest BCUT2D eigenvalue weighted by Crippen LogP contribution is 2.32. The molecule has 1 heterocycles. The molecule has 0 unspecified atom stereocenters. The molecule has 0 aliphatic carbocycles. The average Bonchev–Trinajstić information content (AvgIpc) is 2.85. The topological polar surface area (TPSA) is 35.5 Å². The first-order chi connectivity index (χ1) is 16.7. The van der Waals surface area contributed by atoms with Crippen molar-refractivity contribution in [1.29, 1.82) is 0 Å². The van der Waals surface area contributed by atoms with Gasteiger partial charge in [0.2, 0.25) is 0 Å². The standard InChI is InChI=1S/C31H52O3/c1-3-5-7-9-10-11-12-13-14-15-19-23-28(33-26-27-21-17-16-18-22-27)25-30-29(31(32)34-30)24-20-8-6-4-2/h16-18,21-22,28-30H,3-15,19-20,23-26H2,1-2H3/t28-,29-,30-/m0/s1. The number of carbonyl (C=O) groups excluding carboxylic acids is 1. The quantitative estimate of drug-likeness (QED) is 0.125. The zero-order valence-corrected chi connectivity index (χ0v) is 22.3. The summed E-state index contributed by atoms with van der Waals surface area (Å²) in [6.07, 6.45) is 22.9. The number of carbonyl (C=O) groups is 1. The van der Waals surface area contributed by atoms with Crippen LogP contribution in [-0.2, 0) is 20.9 Å². The summed E-state index contributed by atoms with van der Waals surface area (Å²) < 4.78 is 11.9. The summed E-state index contributed by atoms with van der Waals surface area (Å²) in [5.41, 5.74) is 1.22. The fourth-order valence-corrected chi connectivity index (χ4v) is 5.06. The molecule has 34 heavy (non-hydrogen) atoms. The zero-order valence-electron chi connectivity index (χ0n) is 22.3. The van der Waals surface area contributed by atoms with Crippen LogP contribution in [0, 0.1) is 5.92 Å². The molecular weight excluding hydrogens is 420 g/mol. The van der Waals surface area contributed by atoms with Crippen molar-refractivity contribution in [3.8, 4) is 0 Å². The molecule has 1 saturated heterocycles. The van der Waals surface area contributed by atoms with Crippen LogP contribution in [-0.4, -0.2) is 18.2 Å². The van der Waals surface area contributed by atoms with Gasteiger partial charge in [0, 0.05) is 6.42 Å². The number of hydrogen-bond acceptors (Lipinski definition) is 3. The SMILES string of the molecule is CCCCCCCCCCCCC[C@@H](C[C@@H]1OC(=O)[C@H]1CCCCCC)OCc1ccccc1. The summed E-state index contributed by atoms with van der Waals surface area (Å²) >= 11 is 0. The van der Waals surface area contributed by atoms with Crippen LogP contribution in [0.1, 0.15) is 135 Å². The third kappa shape index (κ3) is 12.4. The first kappa shape index (κ1) is 28.9. The third-order valence-corrected chi connectivity index (χ3v) is 7.34. The first-order valence-corrected chi connectivity index (χ1v) is 14.6. The molecule has 1 aliphatic rings. The summed E-state index contributed by atoms with van der Waals surface area (Å²) in [6, 6.07) is 10.4. The Morgan fingerprint density at radius 3 is 1.91 bits per heavy atom. The maximum atomic E-state index is 12.1. The van der Waals surface area contributed by atoms with Gasteiger partial charge < -0.3 is 9.47 Å². The van der Waals surface area contributed by atoms with Crippen molar-refractivity contribution >= 4 is 5.97 Å². The van der Waals surface area contributed by atoms with E-state index in [1.54, 1.807) is 0 Å². The van der Waals surface area contributed by atoms with Crippen LogP contribution in [0.25, 0.3) is 0 Å². The van der Waals surface area contributed by atoms with Gasteiger partial charge in [0.25, 0.3) is 0 Å². The second kappa shape index (κ2) is 18.9. The molecule has 3 heteroatoms. The van der Waals surface area contributed by atoms with E-state index >= 15 is 0 Å². The summed E-state index contributed by atoms with van der Waals surface area (Å²) in [5, 5.41) is 0. The van der Waals surface area contributed by atoms with Crippen LogP contribution >= 0.6 is 0 Å². The molecule has 1 aliphatic heterocycles. The minimum absolute atomic E-state index is 0.0120. The molecule has 3 atom stereocenters. The lowest BCUT2D eigenvalue weighted by molar-refractivity contribution is -0.190. The van der Waals surface area contributed by atoms with Crippen molar-refractivity contribution in [3.05, 3.63) is 35.9 Å². The Bertz CT molecular complexity index is 614. The minimum Gasteiger partial charge on any atom is -0.461 e. The Hall–Kier alpha value is -1.35. The van der Waals surface area contributed by atoms with Crippen molar-refractivity contribution in [1.82, 2.24) is 0 Å². The second-order valence-electron chi connectivity index (χ2n) is 10.4. The smallest absolute Gasteiger partial charge is 0.313 e. The zero-order chi connectivity index (χ0) is 24.3. The van der Waals surface area contributed by atoms with Crippen LogP contribution in [0.3, 0.4) is 0 Å². The molecule has 194 valence electrons. The van der Waals surface area contributed by atoms with Crippen molar-refractivity contribution < 1.29 is 14.3 Å². The average molecular weight is 473 g/mol. The molecule has 0 aromatic heterocycles. The fourth-order valence-electron chi connectivity index (χ4n) is 5.06. The van der Waals surface area contributed by atoms with E-state index in [4.69, 9.17) is 9.47 Å². The number of benzene rings is 1. The highest BCUT2D eigenvalue weighted by atomic mass is 16.6. The van der Waals surface area contributed by atoms with E-state index < -0.39 is 0 Å². The van der Waals surface area contributed by atoms with Crippen molar-refractivity contribution in [2.75, 3.05) is 0 Å². The Morgan fingerprint density at radius 2 is 1.32 bits per heavy atom. The molecule has 0 saturated carbocycles. The third-order valence-electron chi connectivity index (χ3n) is 7.34. The largest absolute Gasteiger partial charge is 0.461 e. The first-order valence-electron chi connectivity index (χ1n) is 14.6. The summed E-state index contributed by atoms with van der Waals surface area (Å²) in [7, 11) is 0. The van der Waals surface area contributed by atoms with Crippen LogP contribution in [0.15, 0.2) is 30.3 Å². The van der Waals surface area contributed by atoms with E-state index in [-0.39, 0.29) is 24.1 Å². The Kier molecular flexibility index (Phi) is 16.1. The Morgan fingerprint density at radius 1 is 0.765 bits per heavy atom. The normalized spacial score (nSPS) is 18.5. The lowest BCUT2D eigenvalue weighted by Gasteiger charge is -2.37. The van der Waals surface area contributed by atoms with Crippen LogP contribution in [0.5, 0.6) is 0 Å². The van der Waals surface area contributed by atoms with E-state index in [0.717, 1.165) is 25.7 Å². The summed E-state index contributed by atoms with van der Waals surface area (Å²) in [4.78, 5) is 12.1. The number of ether oxygens (including phenoxy) is 2. The highest BCUT2D eigenvalue weighted by Gasteiger charge is 2.42. The lowest BCUT2D eigenvalue weighted by Crippen LogP contribution is -2.47. The van der Waals surface area contributed by atoms with Gasteiger partial charge in [-0.15, -0.1) is 0 Å². The van der Waals surface area contributed by atoms with Crippen molar-refractivity contribution in [2.24, 2.45) is 5.92 Å². The minimum atomic E-state index is 0.0120. The van der Waals surface area contributed by atoms with E-state index in [2.05, 4.69) is 38.1 Å². The van der Waals surface area contributed by atoms with Gasteiger partial charge in [-0.05, 0) is 18.4 Å². The van der Waals surface area contributed by atoms with Crippen LogP contribution in [0.4, 0.5) is 0 Å². The molecule has 0 spiro atoms. The van der Waals surface area contributed by atoms with Crippen LogP contribution in [0.2, 0.25) is 0 Å². The van der Waals surface area contributed by atoms with Crippen molar-refractivity contribution in [2.45, 2.75) is 148 Å². The second-order valence-corrected chi connectivity index (χ2v) is 10.4. The molecule has 1 aromatic carbocycles. The summed E-state index contributed by atoms with van der Waals surface area (Å²) in [5.74, 6) is 0.106. The van der Waals surface area contributed by atoms with E-state index in [1.807, 2.05) is 6.07 Å². The van der Waals surface area contributed by atoms with Gasteiger partial charge in [0.15, 0.2) is 0 Å². The number of rotatable bonds is 22. The van der Waals surface area contributed by atoms with Gasteiger partial charge in [-0.1, -0.05) is 140 Å². The van der Waals surface area contributed by atoms with Gasteiger partial charge in [-0.2, -0.15) is 0 Å². The van der Waals surface area contributed by atoms with Gasteiger partial charge in [0.05, 0.1) is 18.6 Å². The maximum Gasteiger partial charge on any atom is 0.313 e. The highest BCUT2D eigenvalue weighted by molar-refractivity contribution is 5.78. The molecule has 2 rings (SSSR count). The van der Waals surface area contributed by atoms with Gasteiger partial charge in [-0.3, -0.25) is 4.79 Å².